The lowest BCUT2D eigenvalue weighted by molar-refractivity contribution is -0.132. The molecule has 72 valence electrons. The largest absolute Gasteiger partial charge is 0.511 e. The molecular formula is C10H9NO3. The van der Waals surface area contributed by atoms with E-state index in [1.54, 1.807) is 6.08 Å². The van der Waals surface area contributed by atoms with Gasteiger partial charge in [0.2, 0.25) is 0 Å². The number of aliphatic carboxylic acids is 1. The van der Waals surface area contributed by atoms with Crippen LogP contribution < -0.4 is 0 Å². The fourth-order valence-corrected chi connectivity index (χ4v) is 1.56. The third-order valence-corrected chi connectivity index (χ3v) is 2.31. The molecule has 1 unspecified atom stereocenters. The lowest BCUT2D eigenvalue weighted by atomic mass is 9.91. The molecule has 0 fully saturated rings. The second-order valence-corrected chi connectivity index (χ2v) is 3.17. The van der Waals surface area contributed by atoms with Gasteiger partial charge in [0.25, 0.3) is 0 Å². The summed E-state index contributed by atoms with van der Waals surface area (Å²) in [5, 5.41) is 18.4. The molecule has 4 nitrogen and oxygen atoms in total. The number of hydrogen-bond donors (Lipinski definition) is 2. The Morgan fingerprint density at radius 2 is 2.36 bits per heavy atom. The molecule has 1 heterocycles. The van der Waals surface area contributed by atoms with Gasteiger partial charge in [0.15, 0.2) is 0 Å². The van der Waals surface area contributed by atoms with E-state index < -0.39 is 5.97 Å². The first-order valence-electron chi connectivity index (χ1n) is 4.27. The van der Waals surface area contributed by atoms with Crippen LogP contribution in [0.2, 0.25) is 0 Å². The molecule has 1 atom stereocenters. The van der Waals surface area contributed by atoms with E-state index in [4.69, 9.17) is 5.11 Å². The Labute approximate surface area is 80.6 Å². The molecule has 0 amide bonds. The normalized spacial score (nSPS) is 24.6. The van der Waals surface area contributed by atoms with Crippen molar-refractivity contribution >= 4 is 12.2 Å². The van der Waals surface area contributed by atoms with E-state index in [0.29, 0.717) is 6.42 Å². The van der Waals surface area contributed by atoms with Crippen LogP contribution in [0.25, 0.3) is 0 Å². The number of rotatable bonds is 1. The summed E-state index contributed by atoms with van der Waals surface area (Å²) in [7, 11) is 0. The molecule has 0 saturated heterocycles. The molecule has 0 radical (unpaired) electrons. The second-order valence-electron chi connectivity index (χ2n) is 3.17. The first-order valence-corrected chi connectivity index (χ1v) is 4.27. The van der Waals surface area contributed by atoms with E-state index >= 15 is 0 Å². The Kier molecular flexibility index (Phi) is 1.96. The van der Waals surface area contributed by atoms with Gasteiger partial charge in [0, 0.05) is 6.21 Å². The summed E-state index contributed by atoms with van der Waals surface area (Å²) in [5.74, 6) is -1.51. The predicted molar refractivity (Wildman–Crippen MR) is 51.1 cm³/mol. The number of dihydropyridines is 1. The van der Waals surface area contributed by atoms with Crippen molar-refractivity contribution < 1.29 is 15.0 Å². The maximum absolute atomic E-state index is 10.7. The van der Waals surface area contributed by atoms with Crippen molar-refractivity contribution in [1.29, 1.82) is 0 Å². The number of carboxylic acids is 1. The zero-order valence-corrected chi connectivity index (χ0v) is 7.34. The summed E-state index contributed by atoms with van der Waals surface area (Å²) in [5.41, 5.74) is 0.609. The highest BCUT2D eigenvalue weighted by molar-refractivity contribution is 6.10. The zero-order chi connectivity index (χ0) is 10.1. The molecule has 0 saturated carbocycles. The molecule has 2 rings (SSSR count). The average Bonchev–Trinajstić information content (AvgIpc) is 2.18. The van der Waals surface area contributed by atoms with Crippen LogP contribution in [0, 0.1) is 5.92 Å². The molecule has 0 aromatic rings. The van der Waals surface area contributed by atoms with Crippen molar-refractivity contribution in [1.82, 2.24) is 0 Å². The van der Waals surface area contributed by atoms with Crippen LogP contribution in [-0.4, -0.2) is 22.4 Å². The van der Waals surface area contributed by atoms with Crippen LogP contribution in [0.15, 0.2) is 40.2 Å². The van der Waals surface area contributed by atoms with E-state index in [0.717, 1.165) is 5.70 Å². The SMILES string of the molecule is O=C(O)C1=C(O)C2CC=CC=C2N=C1. The minimum absolute atomic E-state index is 0.0944. The van der Waals surface area contributed by atoms with Crippen LogP contribution in [-0.2, 0) is 4.79 Å². The Hall–Kier alpha value is -1.84. The fraction of sp³-hybridized carbons (Fsp3) is 0.200. The number of aliphatic hydroxyl groups is 1. The molecule has 14 heavy (non-hydrogen) atoms. The van der Waals surface area contributed by atoms with Crippen LogP contribution in [0.4, 0.5) is 0 Å². The highest BCUT2D eigenvalue weighted by Gasteiger charge is 2.27. The van der Waals surface area contributed by atoms with E-state index in [-0.39, 0.29) is 17.3 Å². The number of carbonyl (C=O) groups is 1. The standard InChI is InChI=1S/C10H9NO3/c12-9-6-3-1-2-4-8(6)11-5-7(9)10(13)14/h1-2,4-6,12H,3H2,(H,13,14). The third-order valence-electron chi connectivity index (χ3n) is 2.31. The molecule has 2 N–H and O–H groups in total. The van der Waals surface area contributed by atoms with Crippen LogP contribution in [0.1, 0.15) is 6.42 Å². The molecule has 0 spiro atoms. The van der Waals surface area contributed by atoms with Crippen LogP contribution >= 0.6 is 0 Å². The number of aliphatic imine (C=N–C) groups is 1. The zero-order valence-electron chi connectivity index (χ0n) is 7.34. The van der Waals surface area contributed by atoms with Crippen molar-refractivity contribution in [2.45, 2.75) is 6.42 Å². The van der Waals surface area contributed by atoms with E-state index in [1.807, 2.05) is 12.2 Å². The summed E-state index contributed by atoms with van der Waals surface area (Å²) < 4.78 is 0. The van der Waals surface area contributed by atoms with Gasteiger partial charge in [0.1, 0.15) is 11.3 Å². The third kappa shape index (κ3) is 1.25. The van der Waals surface area contributed by atoms with Crippen molar-refractivity contribution in [3.8, 4) is 0 Å². The topological polar surface area (TPSA) is 69.9 Å². The van der Waals surface area contributed by atoms with Gasteiger partial charge >= 0.3 is 5.97 Å². The Balaban J connectivity index is 2.42. The minimum Gasteiger partial charge on any atom is -0.511 e. The lowest BCUT2D eigenvalue weighted by Gasteiger charge is -2.21. The van der Waals surface area contributed by atoms with Crippen molar-refractivity contribution in [2.75, 3.05) is 0 Å². The van der Waals surface area contributed by atoms with Gasteiger partial charge in [-0.3, -0.25) is 4.99 Å². The summed E-state index contributed by atoms with van der Waals surface area (Å²) in [4.78, 5) is 14.7. The molecule has 0 aromatic heterocycles. The number of nitrogens with zero attached hydrogens (tertiary/aromatic N) is 1. The Morgan fingerprint density at radius 1 is 1.57 bits per heavy atom. The van der Waals surface area contributed by atoms with Crippen molar-refractivity contribution in [3.05, 3.63) is 35.3 Å². The Morgan fingerprint density at radius 3 is 3.07 bits per heavy atom. The molecule has 0 bridgehead atoms. The molecule has 4 heteroatoms. The quantitative estimate of drug-likeness (QED) is 0.658. The second kappa shape index (κ2) is 3.14. The van der Waals surface area contributed by atoms with Gasteiger partial charge in [-0.25, -0.2) is 4.79 Å². The Bertz CT molecular complexity index is 402. The molecule has 2 aliphatic rings. The predicted octanol–water partition coefficient (Wildman–Crippen LogP) is 1.43. The number of allylic oxidation sites excluding steroid dienone is 3. The number of carboxylic acid groups (broad SMARTS) is 1. The van der Waals surface area contributed by atoms with Gasteiger partial charge in [-0.2, -0.15) is 0 Å². The lowest BCUT2D eigenvalue weighted by Crippen LogP contribution is -2.19. The maximum Gasteiger partial charge on any atom is 0.340 e. The van der Waals surface area contributed by atoms with Crippen molar-refractivity contribution in [2.24, 2.45) is 10.9 Å². The molecule has 0 aromatic carbocycles. The maximum atomic E-state index is 10.7. The number of aliphatic hydroxyl groups excluding tert-OH is 1. The van der Waals surface area contributed by atoms with Gasteiger partial charge in [-0.1, -0.05) is 12.2 Å². The number of fused-ring (bicyclic) bond motifs is 1. The van der Waals surface area contributed by atoms with Gasteiger partial charge in [-0.15, -0.1) is 0 Å². The van der Waals surface area contributed by atoms with E-state index in [2.05, 4.69) is 4.99 Å². The smallest absolute Gasteiger partial charge is 0.340 e. The number of hydrogen-bond acceptors (Lipinski definition) is 3. The highest BCUT2D eigenvalue weighted by atomic mass is 16.4. The molecular weight excluding hydrogens is 182 g/mol. The summed E-state index contributed by atoms with van der Waals surface area (Å²) in [6.07, 6.45) is 7.30. The summed E-state index contributed by atoms with van der Waals surface area (Å²) >= 11 is 0. The molecule has 1 aliphatic heterocycles. The summed E-state index contributed by atoms with van der Waals surface area (Å²) in [6.45, 7) is 0. The van der Waals surface area contributed by atoms with Crippen molar-refractivity contribution in [3.63, 3.8) is 0 Å². The average molecular weight is 191 g/mol. The molecule has 1 aliphatic carbocycles. The van der Waals surface area contributed by atoms with Crippen LogP contribution in [0.5, 0.6) is 0 Å². The fourth-order valence-electron chi connectivity index (χ4n) is 1.56. The first-order chi connectivity index (χ1) is 6.70. The van der Waals surface area contributed by atoms with Gasteiger partial charge in [-0.05, 0) is 12.5 Å². The highest BCUT2D eigenvalue weighted by Crippen LogP contribution is 2.31. The minimum atomic E-state index is -1.14. The van der Waals surface area contributed by atoms with E-state index in [1.165, 1.54) is 6.21 Å². The van der Waals surface area contributed by atoms with Gasteiger partial charge < -0.3 is 10.2 Å². The van der Waals surface area contributed by atoms with E-state index in [9.17, 15) is 9.90 Å². The first kappa shape index (κ1) is 8.74. The van der Waals surface area contributed by atoms with Crippen LogP contribution in [0.3, 0.4) is 0 Å². The summed E-state index contributed by atoms with van der Waals surface area (Å²) in [6, 6.07) is 0. The monoisotopic (exact) mass is 191 g/mol. The van der Waals surface area contributed by atoms with Gasteiger partial charge in [0.05, 0.1) is 11.6 Å².